The van der Waals surface area contributed by atoms with Crippen LogP contribution in [0.15, 0.2) is 34.1 Å². The van der Waals surface area contributed by atoms with E-state index in [0.29, 0.717) is 6.07 Å². The Labute approximate surface area is 146 Å². The second kappa shape index (κ2) is 6.73. The van der Waals surface area contributed by atoms with E-state index in [1.807, 2.05) is 0 Å². The van der Waals surface area contributed by atoms with Crippen LogP contribution < -0.4 is 9.47 Å². The lowest BCUT2D eigenvalue weighted by Crippen LogP contribution is -2.07. The number of nitro groups is 1. The summed E-state index contributed by atoms with van der Waals surface area (Å²) in [6.45, 7) is 0. The van der Waals surface area contributed by atoms with E-state index < -0.39 is 53.3 Å². The van der Waals surface area contributed by atoms with Crippen LogP contribution in [-0.2, 0) is 9.84 Å². The number of rotatable bonds is 5. The molecule has 0 saturated heterocycles. The molecule has 11 heteroatoms. The van der Waals surface area contributed by atoms with Crippen molar-refractivity contribution in [3.8, 4) is 17.2 Å². The molecule has 134 valence electrons. The predicted octanol–water partition coefficient (Wildman–Crippen LogP) is 2.94. The van der Waals surface area contributed by atoms with Crippen molar-refractivity contribution in [2.75, 3.05) is 14.2 Å². The first-order valence-electron chi connectivity index (χ1n) is 6.47. The molecule has 0 aromatic heterocycles. The normalized spacial score (nSPS) is 11.2. The molecule has 0 atom stereocenters. The molecule has 25 heavy (non-hydrogen) atoms. The molecule has 0 aliphatic carbocycles. The second-order valence-electron chi connectivity index (χ2n) is 4.67. The molecule has 2 aromatic rings. The van der Waals surface area contributed by atoms with Crippen LogP contribution >= 0.6 is 11.6 Å². The highest BCUT2D eigenvalue weighted by molar-refractivity contribution is 7.91. The minimum atomic E-state index is -4.48. The third-order valence-electron chi connectivity index (χ3n) is 3.22. The van der Waals surface area contributed by atoms with E-state index in [9.17, 15) is 28.0 Å². The number of benzene rings is 2. The van der Waals surface area contributed by atoms with Gasteiger partial charge in [-0.2, -0.15) is 0 Å². The van der Waals surface area contributed by atoms with E-state index >= 15 is 0 Å². The Morgan fingerprint density at radius 3 is 2.36 bits per heavy atom. The number of nitrogens with zero attached hydrogens (tertiary/aromatic N) is 1. The van der Waals surface area contributed by atoms with E-state index in [0.717, 1.165) is 32.4 Å². The maximum Gasteiger partial charge on any atom is 0.315 e. The third kappa shape index (κ3) is 3.30. The van der Waals surface area contributed by atoms with E-state index in [1.165, 1.54) is 0 Å². The minimum absolute atomic E-state index is 0.211. The Morgan fingerprint density at radius 2 is 1.84 bits per heavy atom. The topological polar surface area (TPSA) is 116 Å². The Bertz CT molecular complexity index is 962. The lowest BCUT2D eigenvalue weighted by molar-refractivity contribution is -0.386. The number of phenols is 1. The van der Waals surface area contributed by atoms with E-state index in [1.54, 1.807) is 0 Å². The quantitative estimate of drug-likeness (QED) is 0.615. The molecular weight excluding hydrogens is 381 g/mol. The maximum absolute atomic E-state index is 13.9. The lowest BCUT2D eigenvalue weighted by atomic mass is 10.3. The summed E-state index contributed by atoms with van der Waals surface area (Å²) >= 11 is 5.71. The van der Waals surface area contributed by atoms with Gasteiger partial charge in [0.2, 0.25) is 15.6 Å². The molecule has 2 rings (SSSR count). The fraction of sp³-hybridized carbons (Fsp3) is 0.143. The summed E-state index contributed by atoms with van der Waals surface area (Å²) in [6.07, 6.45) is 0. The number of ether oxygens (including phenoxy) is 2. The van der Waals surface area contributed by atoms with Crippen LogP contribution in [0.3, 0.4) is 0 Å². The molecule has 2 aromatic carbocycles. The van der Waals surface area contributed by atoms with Crippen molar-refractivity contribution in [3.05, 3.63) is 45.2 Å². The highest BCUT2D eigenvalue weighted by atomic mass is 35.5. The molecule has 0 saturated carbocycles. The second-order valence-corrected chi connectivity index (χ2v) is 7.03. The zero-order valence-corrected chi connectivity index (χ0v) is 14.4. The average Bonchev–Trinajstić information content (AvgIpc) is 2.53. The van der Waals surface area contributed by atoms with Crippen molar-refractivity contribution in [3.63, 3.8) is 0 Å². The summed E-state index contributed by atoms with van der Waals surface area (Å²) in [7, 11) is -2.32. The molecule has 0 heterocycles. The summed E-state index contributed by atoms with van der Waals surface area (Å²) in [5, 5.41) is 20.6. The first-order chi connectivity index (χ1) is 11.6. The molecule has 0 radical (unpaired) electrons. The first-order valence-corrected chi connectivity index (χ1v) is 8.33. The number of halogens is 2. The van der Waals surface area contributed by atoms with Gasteiger partial charge in [0.1, 0.15) is 4.90 Å². The minimum Gasteiger partial charge on any atom is -0.500 e. The van der Waals surface area contributed by atoms with Crippen molar-refractivity contribution < 1.29 is 32.3 Å². The molecule has 0 aliphatic rings. The number of nitro benzene ring substituents is 1. The Kier molecular flexibility index (Phi) is 5.04. The van der Waals surface area contributed by atoms with Crippen LogP contribution in [0, 0.1) is 15.9 Å². The van der Waals surface area contributed by atoms with Gasteiger partial charge in [0.25, 0.3) is 0 Å². The molecule has 0 fully saturated rings. The fourth-order valence-corrected chi connectivity index (χ4v) is 3.84. The number of sulfone groups is 1. The average molecular weight is 392 g/mol. The SMILES string of the molecule is COc1cc(S(=O)(=O)c2cc(Cl)cc(F)c2OC)cc([N+](=O)[O-])c1O. The van der Waals surface area contributed by atoms with E-state index in [-0.39, 0.29) is 5.02 Å². The molecule has 0 bridgehead atoms. The Hall–Kier alpha value is -2.59. The van der Waals surface area contributed by atoms with Gasteiger partial charge >= 0.3 is 5.69 Å². The zero-order valence-electron chi connectivity index (χ0n) is 12.8. The van der Waals surface area contributed by atoms with Gasteiger partial charge < -0.3 is 14.6 Å². The Balaban J connectivity index is 2.82. The highest BCUT2D eigenvalue weighted by Crippen LogP contribution is 2.41. The first kappa shape index (κ1) is 18.7. The smallest absolute Gasteiger partial charge is 0.315 e. The Morgan fingerprint density at radius 1 is 1.20 bits per heavy atom. The summed E-state index contributed by atoms with van der Waals surface area (Å²) in [5.74, 6) is -2.89. The van der Waals surface area contributed by atoms with E-state index in [2.05, 4.69) is 0 Å². The van der Waals surface area contributed by atoms with Gasteiger partial charge in [-0.15, -0.1) is 0 Å². The molecule has 1 N–H and O–H groups in total. The third-order valence-corrected chi connectivity index (χ3v) is 5.18. The van der Waals surface area contributed by atoms with Crippen LogP contribution in [0.25, 0.3) is 0 Å². The molecule has 8 nitrogen and oxygen atoms in total. The van der Waals surface area contributed by atoms with Gasteiger partial charge in [-0.3, -0.25) is 10.1 Å². The van der Waals surface area contributed by atoms with Crippen LogP contribution in [0.2, 0.25) is 5.02 Å². The lowest BCUT2D eigenvalue weighted by Gasteiger charge is -2.12. The van der Waals surface area contributed by atoms with Crippen molar-refractivity contribution in [1.29, 1.82) is 0 Å². The van der Waals surface area contributed by atoms with Gasteiger partial charge in [-0.1, -0.05) is 11.6 Å². The van der Waals surface area contributed by atoms with E-state index in [4.69, 9.17) is 21.1 Å². The number of hydrogen-bond acceptors (Lipinski definition) is 7. The standard InChI is InChI=1S/C14H11ClFNO7S/c1-23-11-6-8(5-10(13(11)18)17(19)20)25(21,22)12-4-7(15)3-9(16)14(12)24-2/h3-6,18H,1-2H3. The zero-order chi connectivity index (χ0) is 18.9. The maximum atomic E-state index is 13.9. The van der Waals surface area contributed by atoms with Gasteiger partial charge in [0.15, 0.2) is 17.3 Å². The highest BCUT2D eigenvalue weighted by Gasteiger charge is 2.30. The summed E-state index contributed by atoms with van der Waals surface area (Å²) in [5.41, 5.74) is -0.889. The van der Waals surface area contributed by atoms with Gasteiger partial charge in [0.05, 0.1) is 24.0 Å². The molecular formula is C14H11ClFNO7S. The van der Waals surface area contributed by atoms with Crippen LogP contribution in [0.1, 0.15) is 0 Å². The van der Waals surface area contributed by atoms with Crippen molar-refractivity contribution in [2.45, 2.75) is 9.79 Å². The number of methoxy groups -OCH3 is 2. The molecule has 0 amide bonds. The monoisotopic (exact) mass is 391 g/mol. The molecule has 0 aliphatic heterocycles. The van der Waals surface area contributed by atoms with Crippen molar-refractivity contribution in [2.24, 2.45) is 0 Å². The fourth-order valence-electron chi connectivity index (χ4n) is 2.08. The van der Waals surface area contributed by atoms with Gasteiger partial charge in [0, 0.05) is 17.2 Å². The van der Waals surface area contributed by atoms with Crippen LogP contribution in [0.4, 0.5) is 10.1 Å². The predicted molar refractivity (Wildman–Crippen MR) is 84.7 cm³/mol. The number of hydrogen-bond donors (Lipinski definition) is 1. The summed E-state index contributed by atoms with van der Waals surface area (Å²) < 4.78 is 49.1. The summed E-state index contributed by atoms with van der Waals surface area (Å²) in [4.78, 5) is 8.82. The van der Waals surface area contributed by atoms with Gasteiger partial charge in [-0.25, -0.2) is 12.8 Å². The summed E-state index contributed by atoms with van der Waals surface area (Å²) in [6, 6.07) is 3.31. The van der Waals surface area contributed by atoms with Crippen molar-refractivity contribution in [1.82, 2.24) is 0 Å². The number of phenolic OH excluding ortho intramolecular Hbond substituents is 1. The molecule has 0 unspecified atom stereocenters. The van der Waals surface area contributed by atoms with Crippen LogP contribution in [0.5, 0.6) is 17.2 Å². The van der Waals surface area contributed by atoms with Gasteiger partial charge in [-0.05, 0) is 12.1 Å². The molecule has 0 spiro atoms. The van der Waals surface area contributed by atoms with Crippen molar-refractivity contribution >= 4 is 27.1 Å². The van der Waals surface area contributed by atoms with Crippen LogP contribution in [-0.4, -0.2) is 32.7 Å². The largest absolute Gasteiger partial charge is 0.500 e. The number of aromatic hydroxyl groups is 1.